The first-order valence-electron chi connectivity index (χ1n) is 12.6. The zero-order valence-electron chi connectivity index (χ0n) is 21.8. The van der Waals surface area contributed by atoms with Crippen LogP contribution in [-0.2, 0) is 16.6 Å². The van der Waals surface area contributed by atoms with Crippen LogP contribution in [0.1, 0.15) is 46.9 Å². The molecule has 0 saturated carbocycles. The molecule has 1 N–H and O–H groups in total. The zero-order chi connectivity index (χ0) is 27.1. The molecule has 0 aromatic heterocycles. The molecule has 4 rings (SSSR count). The number of amides is 1. The zero-order valence-corrected chi connectivity index (χ0v) is 22.6. The van der Waals surface area contributed by atoms with Gasteiger partial charge in [-0.3, -0.25) is 9.10 Å². The summed E-state index contributed by atoms with van der Waals surface area (Å²) in [6.45, 7) is 6.38. The monoisotopic (exact) mass is 528 g/mol. The molecule has 4 aromatic carbocycles. The summed E-state index contributed by atoms with van der Waals surface area (Å²) in [5.74, 6) is 0.400. The lowest BCUT2D eigenvalue weighted by Crippen LogP contribution is -2.34. The molecule has 0 aliphatic heterocycles. The average molecular weight is 529 g/mol. The van der Waals surface area contributed by atoms with Gasteiger partial charge in [0.15, 0.2) is 0 Å². The van der Waals surface area contributed by atoms with Crippen molar-refractivity contribution in [3.8, 4) is 5.75 Å². The molecule has 196 valence electrons. The number of ether oxygens (including phenoxy) is 1. The predicted octanol–water partition coefficient (Wildman–Crippen LogP) is 6.28. The number of anilines is 1. The molecule has 0 spiro atoms. The molecule has 0 saturated heterocycles. The average Bonchev–Trinajstić information content (AvgIpc) is 2.93. The van der Waals surface area contributed by atoms with Crippen molar-refractivity contribution in [2.75, 3.05) is 10.9 Å². The minimum atomic E-state index is -3.98. The van der Waals surface area contributed by atoms with Crippen LogP contribution >= 0.6 is 0 Å². The van der Waals surface area contributed by atoms with Gasteiger partial charge in [0.2, 0.25) is 0 Å². The van der Waals surface area contributed by atoms with E-state index in [0.717, 1.165) is 22.4 Å². The van der Waals surface area contributed by atoms with Gasteiger partial charge in [0, 0.05) is 0 Å². The lowest BCUT2D eigenvalue weighted by Gasteiger charge is -2.27. The molecule has 0 aliphatic rings. The Balaban J connectivity index is 1.69. The molecular weight excluding hydrogens is 496 g/mol. The number of hydrogen-bond donors (Lipinski definition) is 1. The molecule has 0 fully saturated rings. The van der Waals surface area contributed by atoms with E-state index in [-0.39, 0.29) is 29.0 Å². The van der Waals surface area contributed by atoms with Crippen LogP contribution in [0, 0.1) is 6.92 Å². The van der Waals surface area contributed by atoms with Gasteiger partial charge in [0.25, 0.3) is 15.9 Å². The summed E-state index contributed by atoms with van der Waals surface area (Å²) in [4.78, 5) is 13.7. The van der Waals surface area contributed by atoms with Gasteiger partial charge in [-0.05, 0) is 68.3 Å². The van der Waals surface area contributed by atoms with E-state index in [4.69, 9.17) is 4.74 Å². The van der Waals surface area contributed by atoms with Gasteiger partial charge in [-0.1, -0.05) is 72.3 Å². The first-order chi connectivity index (χ1) is 18.3. The van der Waals surface area contributed by atoms with Crippen LogP contribution in [0.25, 0.3) is 0 Å². The van der Waals surface area contributed by atoms with Crippen LogP contribution in [0.2, 0.25) is 0 Å². The van der Waals surface area contributed by atoms with E-state index < -0.39 is 10.0 Å². The van der Waals surface area contributed by atoms with Gasteiger partial charge >= 0.3 is 0 Å². The maximum absolute atomic E-state index is 13.9. The summed E-state index contributed by atoms with van der Waals surface area (Å²) in [7, 11) is -3.98. The smallest absolute Gasteiger partial charge is 0.264 e. The molecule has 38 heavy (non-hydrogen) atoms. The summed E-state index contributed by atoms with van der Waals surface area (Å²) in [5, 5.41) is 3.02. The SMILES string of the molecule is CCOc1ccc([C@H](C)NC(=O)c2ccccc2N(Cc2ccccc2)S(=O)(=O)c2ccc(C)cc2)cc1. The van der Waals surface area contributed by atoms with E-state index in [2.05, 4.69) is 5.32 Å². The number of nitrogens with one attached hydrogen (secondary N) is 1. The van der Waals surface area contributed by atoms with E-state index in [1.54, 1.807) is 48.5 Å². The number of carbonyl (C=O) groups is 1. The molecule has 4 aromatic rings. The highest BCUT2D eigenvalue weighted by molar-refractivity contribution is 7.92. The number of carbonyl (C=O) groups excluding carboxylic acids is 1. The predicted molar refractivity (Wildman–Crippen MR) is 151 cm³/mol. The number of nitrogens with zero attached hydrogens (tertiary/aromatic N) is 1. The largest absolute Gasteiger partial charge is 0.494 e. The summed E-state index contributed by atoms with van der Waals surface area (Å²) >= 11 is 0. The van der Waals surface area contributed by atoms with Crippen molar-refractivity contribution < 1.29 is 17.9 Å². The molecular formula is C31H32N2O4S. The highest BCUT2D eigenvalue weighted by Crippen LogP contribution is 2.30. The van der Waals surface area contributed by atoms with Crippen LogP contribution in [0.3, 0.4) is 0 Å². The van der Waals surface area contributed by atoms with Crippen molar-refractivity contribution in [3.05, 3.63) is 125 Å². The van der Waals surface area contributed by atoms with E-state index in [9.17, 15) is 13.2 Å². The standard InChI is InChI=1S/C31H32N2O4S/c1-4-37-27-18-16-26(17-19-27)24(3)32-31(34)29-12-8-9-13-30(29)33(22-25-10-6-5-7-11-25)38(35,36)28-20-14-23(2)15-21-28/h5-21,24H,4,22H2,1-3H3,(H,32,34)/t24-/m0/s1. The van der Waals surface area contributed by atoms with Gasteiger partial charge in [-0.15, -0.1) is 0 Å². The molecule has 0 radical (unpaired) electrons. The molecule has 1 atom stereocenters. The van der Waals surface area contributed by atoms with Crippen molar-refractivity contribution in [2.45, 2.75) is 38.3 Å². The molecule has 0 unspecified atom stereocenters. The number of benzene rings is 4. The molecule has 0 heterocycles. The van der Waals surface area contributed by atoms with E-state index in [1.807, 2.05) is 75.4 Å². The Hall–Kier alpha value is -4.10. The maximum atomic E-state index is 13.9. The van der Waals surface area contributed by atoms with Crippen LogP contribution < -0.4 is 14.4 Å². The number of para-hydroxylation sites is 1. The fourth-order valence-electron chi connectivity index (χ4n) is 4.15. The second kappa shape index (κ2) is 12.0. The number of rotatable bonds is 10. The van der Waals surface area contributed by atoms with Crippen LogP contribution in [0.15, 0.2) is 108 Å². The van der Waals surface area contributed by atoms with Crippen molar-refractivity contribution in [1.29, 1.82) is 0 Å². The fraction of sp³-hybridized carbons (Fsp3) is 0.194. The van der Waals surface area contributed by atoms with Crippen LogP contribution in [-0.4, -0.2) is 20.9 Å². The Bertz CT molecular complexity index is 1470. The Morgan fingerprint density at radius 2 is 1.50 bits per heavy atom. The molecule has 7 heteroatoms. The van der Waals surface area contributed by atoms with Crippen LogP contribution in [0.4, 0.5) is 5.69 Å². The Labute approximate surface area is 225 Å². The van der Waals surface area contributed by atoms with Crippen molar-refractivity contribution >= 4 is 21.6 Å². The first kappa shape index (κ1) is 26.9. The van der Waals surface area contributed by atoms with E-state index in [1.165, 1.54) is 4.31 Å². The van der Waals surface area contributed by atoms with Crippen molar-refractivity contribution in [3.63, 3.8) is 0 Å². The maximum Gasteiger partial charge on any atom is 0.264 e. The molecule has 6 nitrogen and oxygen atoms in total. The van der Waals surface area contributed by atoms with Gasteiger partial charge in [-0.25, -0.2) is 8.42 Å². The highest BCUT2D eigenvalue weighted by Gasteiger charge is 2.29. The van der Waals surface area contributed by atoms with Crippen LogP contribution in [0.5, 0.6) is 5.75 Å². The fourth-order valence-corrected chi connectivity index (χ4v) is 5.62. The summed E-state index contributed by atoms with van der Waals surface area (Å²) in [6, 6.07) is 30.1. The number of aryl methyl sites for hydroxylation is 1. The van der Waals surface area contributed by atoms with Crippen molar-refractivity contribution in [2.24, 2.45) is 0 Å². The lowest BCUT2D eigenvalue weighted by molar-refractivity contribution is 0.0940. The molecule has 1 amide bonds. The van der Waals surface area contributed by atoms with E-state index in [0.29, 0.717) is 12.3 Å². The summed E-state index contributed by atoms with van der Waals surface area (Å²) < 4.78 is 34.7. The number of sulfonamides is 1. The second-order valence-electron chi connectivity index (χ2n) is 9.02. The second-order valence-corrected chi connectivity index (χ2v) is 10.9. The summed E-state index contributed by atoms with van der Waals surface area (Å²) in [6.07, 6.45) is 0. The Morgan fingerprint density at radius 1 is 0.868 bits per heavy atom. The van der Waals surface area contributed by atoms with Gasteiger partial charge in [0.1, 0.15) is 5.75 Å². The highest BCUT2D eigenvalue weighted by atomic mass is 32.2. The summed E-state index contributed by atoms with van der Waals surface area (Å²) in [5.41, 5.74) is 3.26. The van der Waals surface area contributed by atoms with Gasteiger partial charge in [0.05, 0.1) is 35.3 Å². The quantitative estimate of drug-likeness (QED) is 0.263. The topological polar surface area (TPSA) is 75.7 Å². The molecule has 0 aliphatic carbocycles. The molecule has 0 bridgehead atoms. The van der Waals surface area contributed by atoms with Gasteiger partial charge in [-0.2, -0.15) is 0 Å². The first-order valence-corrected chi connectivity index (χ1v) is 14.0. The lowest BCUT2D eigenvalue weighted by atomic mass is 10.1. The van der Waals surface area contributed by atoms with E-state index >= 15 is 0 Å². The number of hydrogen-bond acceptors (Lipinski definition) is 4. The minimum Gasteiger partial charge on any atom is -0.494 e. The Kier molecular flexibility index (Phi) is 8.48. The minimum absolute atomic E-state index is 0.0792. The third-order valence-electron chi connectivity index (χ3n) is 6.23. The Morgan fingerprint density at radius 3 is 2.16 bits per heavy atom. The normalized spacial score (nSPS) is 12.0. The third kappa shape index (κ3) is 6.23. The third-order valence-corrected chi connectivity index (χ3v) is 8.01. The van der Waals surface area contributed by atoms with Gasteiger partial charge < -0.3 is 10.1 Å². The van der Waals surface area contributed by atoms with Crippen molar-refractivity contribution in [1.82, 2.24) is 5.32 Å².